The minimum absolute atomic E-state index is 0.531. The SMILES string of the molecule is CN(C)CCc1cnc(-c2cc3c(Nc4ccc(OCc5ccccc5)cc4)ncnc3cn2)[nH]1. The first-order valence-corrected chi connectivity index (χ1v) is 11.5. The average molecular weight is 466 g/mol. The number of imidazole rings is 1. The van der Waals surface area contributed by atoms with Crippen molar-refractivity contribution in [3.63, 3.8) is 0 Å². The molecule has 176 valence electrons. The first-order chi connectivity index (χ1) is 17.1. The molecule has 0 saturated carbocycles. The number of pyridine rings is 1. The Balaban J connectivity index is 1.32. The molecule has 3 heterocycles. The molecule has 5 aromatic rings. The van der Waals surface area contributed by atoms with Gasteiger partial charge >= 0.3 is 0 Å². The molecule has 0 bridgehead atoms. The van der Waals surface area contributed by atoms with Gasteiger partial charge in [0, 0.05) is 35.9 Å². The van der Waals surface area contributed by atoms with Gasteiger partial charge in [0.2, 0.25) is 0 Å². The highest BCUT2D eigenvalue weighted by molar-refractivity contribution is 5.92. The molecular formula is C27H27N7O. The van der Waals surface area contributed by atoms with Crippen molar-refractivity contribution in [3.8, 4) is 17.3 Å². The summed E-state index contributed by atoms with van der Waals surface area (Å²) in [5.74, 6) is 2.24. The number of nitrogens with one attached hydrogen (secondary N) is 2. The van der Waals surface area contributed by atoms with E-state index < -0.39 is 0 Å². The van der Waals surface area contributed by atoms with Gasteiger partial charge in [-0.1, -0.05) is 30.3 Å². The second-order valence-electron chi connectivity index (χ2n) is 8.54. The fourth-order valence-corrected chi connectivity index (χ4v) is 3.66. The van der Waals surface area contributed by atoms with E-state index in [0.717, 1.165) is 58.1 Å². The van der Waals surface area contributed by atoms with Crippen LogP contribution in [0.2, 0.25) is 0 Å². The molecule has 0 amide bonds. The lowest BCUT2D eigenvalue weighted by Crippen LogP contribution is -2.15. The van der Waals surface area contributed by atoms with Crippen molar-refractivity contribution in [3.05, 3.63) is 90.6 Å². The summed E-state index contributed by atoms with van der Waals surface area (Å²) >= 11 is 0. The second kappa shape index (κ2) is 10.3. The predicted molar refractivity (Wildman–Crippen MR) is 138 cm³/mol. The third kappa shape index (κ3) is 5.62. The second-order valence-corrected chi connectivity index (χ2v) is 8.54. The Morgan fingerprint density at radius 3 is 2.54 bits per heavy atom. The standard InChI is InChI=1S/C27H27N7O/c1-34(2)13-12-21-15-29-27(33-21)24-14-23-25(16-28-24)30-18-31-26(23)32-20-8-10-22(11-9-20)35-17-19-6-4-3-5-7-19/h3-11,14-16,18H,12-13,17H2,1-2H3,(H,29,33)(H,30,31,32). The van der Waals surface area contributed by atoms with Crippen LogP contribution in [0.3, 0.4) is 0 Å². The van der Waals surface area contributed by atoms with Crippen molar-refractivity contribution in [1.29, 1.82) is 0 Å². The Bertz CT molecular complexity index is 1400. The zero-order chi connectivity index (χ0) is 24.0. The van der Waals surface area contributed by atoms with Gasteiger partial charge in [0.15, 0.2) is 5.82 Å². The minimum atomic E-state index is 0.531. The maximum Gasteiger partial charge on any atom is 0.156 e. The highest BCUT2D eigenvalue weighted by atomic mass is 16.5. The zero-order valence-electron chi connectivity index (χ0n) is 19.8. The molecule has 0 fully saturated rings. The molecule has 0 spiro atoms. The van der Waals surface area contributed by atoms with Crippen LogP contribution < -0.4 is 10.1 Å². The lowest BCUT2D eigenvalue weighted by atomic mass is 10.2. The Labute approximate surface area is 204 Å². The van der Waals surface area contributed by atoms with Gasteiger partial charge in [0.05, 0.1) is 11.7 Å². The molecule has 0 atom stereocenters. The Morgan fingerprint density at radius 2 is 1.74 bits per heavy atom. The number of aromatic nitrogens is 5. The van der Waals surface area contributed by atoms with E-state index in [1.807, 2.05) is 66.9 Å². The summed E-state index contributed by atoms with van der Waals surface area (Å²) in [6, 6.07) is 19.9. The molecule has 35 heavy (non-hydrogen) atoms. The summed E-state index contributed by atoms with van der Waals surface area (Å²) in [6.45, 7) is 1.48. The van der Waals surface area contributed by atoms with Crippen molar-refractivity contribution in [2.24, 2.45) is 0 Å². The third-order valence-corrected chi connectivity index (χ3v) is 5.59. The fraction of sp³-hybridized carbons (Fsp3) is 0.185. The van der Waals surface area contributed by atoms with E-state index in [2.05, 4.69) is 49.2 Å². The van der Waals surface area contributed by atoms with Gasteiger partial charge < -0.3 is 19.9 Å². The molecule has 5 rings (SSSR count). The summed E-state index contributed by atoms with van der Waals surface area (Å²) in [5, 5.41) is 4.26. The van der Waals surface area contributed by atoms with Crippen LogP contribution in [0, 0.1) is 0 Å². The average Bonchev–Trinajstić information content (AvgIpc) is 3.37. The number of hydrogen-bond donors (Lipinski definition) is 2. The normalized spacial score (nSPS) is 11.2. The minimum Gasteiger partial charge on any atom is -0.489 e. The number of anilines is 2. The van der Waals surface area contributed by atoms with E-state index in [9.17, 15) is 0 Å². The van der Waals surface area contributed by atoms with Crippen LogP contribution in [0.1, 0.15) is 11.3 Å². The van der Waals surface area contributed by atoms with Crippen LogP contribution in [0.15, 0.2) is 79.4 Å². The maximum atomic E-state index is 5.89. The van der Waals surface area contributed by atoms with Crippen LogP contribution in [0.4, 0.5) is 11.5 Å². The maximum absolute atomic E-state index is 5.89. The predicted octanol–water partition coefficient (Wildman–Crippen LogP) is 4.84. The smallest absolute Gasteiger partial charge is 0.156 e. The molecule has 0 unspecified atom stereocenters. The Hall–Kier alpha value is -4.30. The fourth-order valence-electron chi connectivity index (χ4n) is 3.66. The number of ether oxygens (including phenoxy) is 1. The summed E-state index contributed by atoms with van der Waals surface area (Å²) in [6.07, 6.45) is 6.05. The molecule has 0 radical (unpaired) electrons. The van der Waals surface area contributed by atoms with Gasteiger partial charge in [0.25, 0.3) is 0 Å². The largest absolute Gasteiger partial charge is 0.489 e. The molecule has 0 aliphatic carbocycles. The monoisotopic (exact) mass is 465 g/mol. The van der Waals surface area contributed by atoms with E-state index in [0.29, 0.717) is 12.4 Å². The molecule has 8 heteroatoms. The Morgan fingerprint density at radius 1 is 0.914 bits per heavy atom. The first kappa shape index (κ1) is 22.5. The number of rotatable bonds is 9. The quantitative estimate of drug-likeness (QED) is 0.322. The highest BCUT2D eigenvalue weighted by Gasteiger charge is 2.11. The van der Waals surface area contributed by atoms with Crippen molar-refractivity contribution < 1.29 is 4.74 Å². The topological polar surface area (TPSA) is 91.8 Å². The van der Waals surface area contributed by atoms with Gasteiger partial charge in [-0.25, -0.2) is 15.0 Å². The summed E-state index contributed by atoms with van der Waals surface area (Å²) < 4.78 is 5.89. The molecule has 0 aliphatic rings. The van der Waals surface area contributed by atoms with Crippen molar-refractivity contribution in [2.45, 2.75) is 13.0 Å². The van der Waals surface area contributed by atoms with Gasteiger partial charge in [-0.3, -0.25) is 4.98 Å². The number of benzene rings is 2. The molecule has 3 aromatic heterocycles. The number of aromatic amines is 1. The first-order valence-electron chi connectivity index (χ1n) is 11.5. The lowest BCUT2D eigenvalue weighted by Gasteiger charge is -2.10. The molecule has 0 saturated heterocycles. The number of likely N-dealkylation sites (N-methyl/N-ethyl adjacent to an activating group) is 1. The number of fused-ring (bicyclic) bond motifs is 1. The number of H-pyrrole nitrogens is 1. The van der Waals surface area contributed by atoms with Crippen LogP contribution in [0.5, 0.6) is 5.75 Å². The highest BCUT2D eigenvalue weighted by Crippen LogP contribution is 2.27. The number of hydrogen-bond acceptors (Lipinski definition) is 7. The van der Waals surface area contributed by atoms with Gasteiger partial charge in [0.1, 0.15) is 30.2 Å². The van der Waals surface area contributed by atoms with Crippen LogP contribution in [-0.4, -0.2) is 50.5 Å². The van der Waals surface area contributed by atoms with Crippen molar-refractivity contribution >= 4 is 22.4 Å². The van der Waals surface area contributed by atoms with E-state index in [1.165, 1.54) is 6.33 Å². The summed E-state index contributed by atoms with van der Waals surface area (Å²) in [5.41, 5.74) is 4.62. The third-order valence-electron chi connectivity index (χ3n) is 5.59. The van der Waals surface area contributed by atoms with Gasteiger partial charge in [-0.15, -0.1) is 0 Å². The molecule has 8 nitrogen and oxygen atoms in total. The molecule has 2 aromatic carbocycles. The molecular weight excluding hydrogens is 438 g/mol. The van der Waals surface area contributed by atoms with Crippen molar-refractivity contribution in [1.82, 2.24) is 29.8 Å². The van der Waals surface area contributed by atoms with Gasteiger partial charge in [-0.05, 0) is 50.0 Å². The van der Waals surface area contributed by atoms with E-state index in [-0.39, 0.29) is 0 Å². The molecule has 2 N–H and O–H groups in total. The van der Waals surface area contributed by atoms with E-state index >= 15 is 0 Å². The zero-order valence-corrected chi connectivity index (χ0v) is 19.8. The van der Waals surface area contributed by atoms with Crippen LogP contribution in [-0.2, 0) is 13.0 Å². The summed E-state index contributed by atoms with van der Waals surface area (Å²) in [7, 11) is 4.12. The Kier molecular flexibility index (Phi) is 6.63. The summed E-state index contributed by atoms with van der Waals surface area (Å²) in [4.78, 5) is 23.4. The lowest BCUT2D eigenvalue weighted by molar-refractivity contribution is 0.306. The van der Waals surface area contributed by atoms with Crippen LogP contribution in [0.25, 0.3) is 22.4 Å². The van der Waals surface area contributed by atoms with Crippen LogP contribution >= 0.6 is 0 Å². The van der Waals surface area contributed by atoms with Gasteiger partial charge in [-0.2, -0.15) is 0 Å². The number of nitrogens with zero attached hydrogens (tertiary/aromatic N) is 5. The molecule has 0 aliphatic heterocycles. The van der Waals surface area contributed by atoms with E-state index in [4.69, 9.17) is 4.74 Å². The van der Waals surface area contributed by atoms with Crippen molar-refractivity contribution in [2.75, 3.05) is 26.0 Å². The van der Waals surface area contributed by atoms with E-state index in [1.54, 1.807) is 6.20 Å².